The second-order valence-electron chi connectivity index (χ2n) is 3.46. The molecule has 82 valence electrons. The van der Waals surface area contributed by atoms with E-state index in [1.165, 1.54) is 13.8 Å². The van der Waals surface area contributed by atoms with E-state index in [2.05, 4.69) is 0 Å². The highest BCUT2D eigenvalue weighted by molar-refractivity contribution is 5.78. The third-order valence-corrected chi connectivity index (χ3v) is 2.69. The summed E-state index contributed by atoms with van der Waals surface area (Å²) in [5.41, 5.74) is -3.89. The summed E-state index contributed by atoms with van der Waals surface area (Å²) in [5.74, 6) is 0. The van der Waals surface area contributed by atoms with Crippen LogP contribution in [0.4, 0.5) is 4.79 Å². The summed E-state index contributed by atoms with van der Waals surface area (Å²) in [6.07, 6.45) is 0. The molecule has 0 aromatic carbocycles. The Morgan fingerprint density at radius 1 is 1.07 bits per heavy atom. The molecule has 0 aromatic heterocycles. The number of nitrogens with zero attached hydrogens (tertiary/aromatic N) is 2. The van der Waals surface area contributed by atoms with E-state index in [1.807, 2.05) is 0 Å². The minimum absolute atomic E-state index is 0.656. The predicted octanol–water partition coefficient (Wildman–Crippen LogP) is -1.96. The van der Waals surface area contributed by atoms with Gasteiger partial charge in [-0.05, 0) is 13.8 Å². The van der Waals surface area contributed by atoms with E-state index < -0.39 is 30.9 Å². The number of amides is 2. The minimum Gasteiger partial charge on any atom is -0.376 e. The van der Waals surface area contributed by atoms with Crippen LogP contribution in [0.15, 0.2) is 0 Å². The van der Waals surface area contributed by atoms with Crippen LogP contribution in [-0.2, 0) is 0 Å². The monoisotopic (exact) mass is 206 g/mol. The number of rotatable bonds is 2. The van der Waals surface area contributed by atoms with E-state index in [4.69, 9.17) is 10.2 Å². The van der Waals surface area contributed by atoms with Crippen molar-refractivity contribution in [3.63, 3.8) is 0 Å². The second-order valence-corrected chi connectivity index (χ2v) is 3.46. The Bertz CT molecular complexity index is 228. The molecule has 1 fully saturated rings. The van der Waals surface area contributed by atoms with Gasteiger partial charge in [-0.2, -0.15) is 0 Å². The van der Waals surface area contributed by atoms with E-state index in [0.29, 0.717) is 9.80 Å². The van der Waals surface area contributed by atoms with Gasteiger partial charge in [-0.3, -0.25) is 9.80 Å². The topological polar surface area (TPSA) is 104 Å². The summed E-state index contributed by atoms with van der Waals surface area (Å²) in [6.45, 7) is 0.879. The van der Waals surface area contributed by atoms with Gasteiger partial charge in [0.25, 0.3) is 0 Å². The van der Waals surface area contributed by atoms with Crippen LogP contribution in [0.5, 0.6) is 0 Å². The fourth-order valence-corrected chi connectivity index (χ4v) is 1.43. The van der Waals surface area contributed by atoms with Crippen LogP contribution in [0, 0.1) is 0 Å². The lowest BCUT2D eigenvalue weighted by atomic mass is 10.0. The lowest BCUT2D eigenvalue weighted by molar-refractivity contribution is -0.224. The number of aliphatic hydroxyl groups is 4. The molecule has 7 heteroatoms. The molecule has 1 aliphatic heterocycles. The molecule has 0 aliphatic carbocycles. The van der Waals surface area contributed by atoms with Crippen molar-refractivity contribution < 1.29 is 25.2 Å². The third-order valence-electron chi connectivity index (χ3n) is 2.69. The minimum atomic E-state index is -1.94. The molecule has 4 N–H and O–H groups in total. The number of hydrogen-bond acceptors (Lipinski definition) is 5. The zero-order valence-electron chi connectivity index (χ0n) is 8.01. The van der Waals surface area contributed by atoms with Crippen LogP contribution in [0.3, 0.4) is 0 Å². The molecule has 1 aliphatic rings. The second kappa shape index (κ2) is 3.06. The maximum absolute atomic E-state index is 11.4. The van der Waals surface area contributed by atoms with E-state index in [1.54, 1.807) is 0 Å². The number of carbonyl (C=O) groups is 1. The summed E-state index contributed by atoms with van der Waals surface area (Å²) >= 11 is 0. The van der Waals surface area contributed by atoms with Crippen LogP contribution in [0.2, 0.25) is 0 Å². The van der Waals surface area contributed by atoms with Gasteiger partial charge < -0.3 is 20.4 Å². The zero-order chi connectivity index (χ0) is 11.1. The first-order valence-corrected chi connectivity index (χ1v) is 4.06. The fourth-order valence-electron chi connectivity index (χ4n) is 1.43. The van der Waals surface area contributed by atoms with Gasteiger partial charge in [-0.15, -0.1) is 0 Å². The zero-order valence-corrected chi connectivity index (χ0v) is 8.01. The van der Waals surface area contributed by atoms with Crippen molar-refractivity contribution in [2.45, 2.75) is 25.3 Å². The summed E-state index contributed by atoms with van der Waals surface area (Å²) in [6, 6.07) is -0.829. The molecule has 14 heavy (non-hydrogen) atoms. The molecule has 2 atom stereocenters. The van der Waals surface area contributed by atoms with Crippen molar-refractivity contribution in [3.05, 3.63) is 0 Å². The van der Waals surface area contributed by atoms with Gasteiger partial charge in [-0.25, -0.2) is 4.79 Å². The van der Waals surface area contributed by atoms with Crippen LogP contribution < -0.4 is 0 Å². The Morgan fingerprint density at radius 3 is 1.50 bits per heavy atom. The van der Waals surface area contributed by atoms with E-state index in [-0.39, 0.29) is 0 Å². The largest absolute Gasteiger partial charge is 0.376 e. The number of urea groups is 1. The number of hydrogen-bond donors (Lipinski definition) is 4. The Balaban J connectivity index is 3.14. The predicted molar refractivity (Wildman–Crippen MR) is 44.5 cm³/mol. The molecule has 1 saturated heterocycles. The van der Waals surface area contributed by atoms with Gasteiger partial charge in [0.2, 0.25) is 0 Å². The SMILES string of the molecule is CC1(O)N(CO)C(=O)N(CO)C1(C)O. The molecular weight excluding hydrogens is 192 g/mol. The molecule has 0 bridgehead atoms. The fraction of sp³-hybridized carbons (Fsp3) is 0.857. The summed E-state index contributed by atoms with van der Waals surface area (Å²) in [4.78, 5) is 12.7. The Kier molecular flexibility index (Phi) is 2.44. The van der Waals surface area contributed by atoms with E-state index in [0.717, 1.165) is 0 Å². The molecular formula is C7H14N2O5. The van der Waals surface area contributed by atoms with E-state index in [9.17, 15) is 15.0 Å². The van der Waals surface area contributed by atoms with Gasteiger partial charge in [0, 0.05) is 0 Å². The summed E-state index contributed by atoms with van der Waals surface area (Å²) in [5, 5.41) is 37.3. The van der Waals surface area contributed by atoms with Crippen molar-refractivity contribution in [1.29, 1.82) is 0 Å². The summed E-state index contributed by atoms with van der Waals surface area (Å²) in [7, 11) is 0. The smallest absolute Gasteiger partial charge is 0.328 e. The van der Waals surface area contributed by atoms with Crippen LogP contribution >= 0.6 is 0 Å². The van der Waals surface area contributed by atoms with Crippen molar-refractivity contribution in [2.24, 2.45) is 0 Å². The van der Waals surface area contributed by atoms with Gasteiger partial charge in [0.1, 0.15) is 13.5 Å². The quantitative estimate of drug-likeness (QED) is 0.420. The van der Waals surface area contributed by atoms with Crippen molar-refractivity contribution in [1.82, 2.24) is 9.80 Å². The lowest BCUT2D eigenvalue weighted by Gasteiger charge is -2.36. The average Bonchev–Trinajstić information content (AvgIpc) is 2.16. The number of carbonyl (C=O) groups excluding carboxylic acids is 1. The maximum atomic E-state index is 11.4. The van der Waals surface area contributed by atoms with Crippen LogP contribution in [0.25, 0.3) is 0 Å². The Hall–Kier alpha value is -0.890. The van der Waals surface area contributed by atoms with Crippen LogP contribution in [0.1, 0.15) is 13.8 Å². The average molecular weight is 206 g/mol. The maximum Gasteiger partial charge on any atom is 0.328 e. The summed E-state index contributed by atoms with van der Waals surface area (Å²) < 4.78 is 0. The molecule has 2 amide bonds. The molecule has 1 heterocycles. The Morgan fingerprint density at radius 2 is 1.36 bits per heavy atom. The van der Waals surface area contributed by atoms with Crippen molar-refractivity contribution >= 4 is 6.03 Å². The standard InChI is InChI=1S/C7H14N2O5/c1-6(13)7(2,14)9(4-11)5(12)8(6)3-10/h10-11,13-14H,3-4H2,1-2H3. The van der Waals surface area contributed by atoms with Crippen LogP contribution in [-0.4, -0.2) is 61.2 Å². The normalized spacial score (nSPS) is 38.3. The molecule has 7 nitrogen and oxygen atoms in total. The molecule has 0 saturated carbocycles. The first-order valence-electron chi connectivity index (χ1n) is 4.06. The Labute approximate surface area is 80.8 Å². The highest BCUT2D eigenvalue weighted by Gasteiger charge is 2.61. The first-order chi connectivity index (χ1) is 6.30. The van der Waals surface area contributed by atoms with Gasteiger partial charge in [0.15, 0.2) is 11.4 Å². The molecule has 2 unspecified atom stereocenters. The molecule has 0 radical (unpaired) electrons. The molecule has 0 aromatic rings. The van der Waals surface area contributed by atoms with Crippen molar-refractivity contribution in [2.75, 3.05) is 13.5 Å². The van der Waals surface area contributed by atoms with E-state index >= 15 is 0 Å². The van der Waals surface area contributed by atoms with Gasteiger partial charge in [-0.1, -0.05) is 0 Å². The van der Waals surface area contributed by atoms with Gasteiger partial charge in [0.05, 0.1) is 0 Å². The first kappa shape index (κ1) is 11.2. The lowest BCUT2D eigenvalue weighted by Crippen LogP contribution is -2.58. The highest BCUT2D eigenvalue weighted by atomic mass is 16.4. The molecule has 0 spiro atoms. The third kappa shape index (κ3) is 1.10. The van der Waals surface area contributed by atoms with Gasteiger partial charge >= 0.3 is 6.03 Å². The number of aliphatic hydroxyl groups excluding tert-OH is 2. The highest BCUT2D eigenvalue weighted by Crippen LogP contribution is 2.36. The van der Waals surface area contributed by atoms with Crippen molar-refractivity contribution in [3.8, 4) is 0 Å². The molecule has 1 rings (SSSR count).